The summed E-state index contributed by atoms with van der Waals surface area (Å²) in [5, 5.41) is 6.24. The Morgan fingerprint density at radius 2 is 1.34 bits per heavy atom. The van der Waals surface area contributed by atoms with Gasteiger partial charge in [0.25, 0.3) is 21.8 Å². The third-order valence-corrected chi connectivity index (χ3v) is 6.15. The number of benzene rings is 3. The van der Waals surface area contributed by atoms with Gasteiger partial charge in [-0.25, -0.2) is 8.42 Å². The molecule has 0 radical (unpaired) electrons. The maximum absolute atomic E-state index is 12.6. The molecule has 0 aliphatic heterocycles. The molecular formula is C22H19Cl2N3O4S. The molecule has 32 heavy (non-hydrogen) atoms. The molecule has 0 aromatic heterocycles. The van der Waals surface area contributed by atoms with Gasteiger partial charge in [0.1, 0.15) is 0 Å². The van der Waals surface area contributed by atoms with Crippen LogP contribution in [0, 0.1) is 0 Å². The van der Waals surface area contributed by atoms with Gasteiger partial charge in [-0.3, -0.25) is 14.3 Å². The van der Waals surface area contributed by atoms with E-state index in [1.54, 1.807) is 42.5 Å². The summed E-state index contributed by atoms with van der Waals surface area (Å²) in [4.78, 5) is 24.4. The van der Waals surface area contributed by atoms with E-state index in [9.17, 15) is 18.0 Å². The Hall–Kier alpha value is -3.07. The van der Waals surface area contributed by atoms with E-state index in [2.05, 4.69) is 15.4 Å². The lowest BCUT2D eigenvalue weighted by Crippen LogP contribution is -2.34. The van der Waals surface area contributed by atoms with Crippen LogP contribution in [0.3, 0.4) is 0 Å². The van der Waals surface area contributed by atoms with Crippen molar-refractivity contribution < 1.29 is 18.0 Å². The van der Waals surface area contributed by atoms with Crippen LogP contribution in [-0.4, -0.2) is 33.3 Å². The molecule has 3 aromatic rings. The summed E-state index contributed by atoms with van der Waals surface area (Å²) < 4.78 is 27.7. The first-order valence-electron chi connectivity index (χ1n) is 9.45. The third-order valence-electron chi connectivity index (χ3n) is 4.29. The van der Waals surface area contributed by atoms with Crippen molar-refractivity contribution in [3.8, 4) is 0 Å². The highest BCUT2D eigenvalue weighted by Crippen LogP contribution is 2.20. The van der Waals surface area contributed by atoms with Gasteiger partial charge in [-0.2, -0.15) is 0 Å². The predicted octanol–water partition coefficient (Wildman–Crippen LogP) is 3.95. The van der Waals surface area contributed by atoms with Crippen molar-refractivity contribution in [2.75, 3.05) is 17.8 Å². The summed E-state index contributed by atoms with van der Waals surface area (Å²) in [7, 11) is -3.91. The molecule has 7 nitrogen and oxygen atoms in total. The smallest absolute Gasteiger partial charge is 0.261 e. The standard InChI is InChI=1S/C22H19Cl2N3O4S/c23-17-9-7-15(8-10-17)21(28)25-11-12-26-22(29)16-3-1-6-20(13-16)32(30,31)27-19-5-2-4-18(24)14-19/h1-10,13-14,27H,11-12H2,(H,25,28)(H,26,29). The Morgan fingerprint density at radius 3 is 2.00 bits per heavy atom. The van der Waals surface area contributed by atoms with Crippen molar-refractivity contribution in [1.82, 2.24) is 10.6 Å². The maximum Gasteiger partial charge on any atom is 0.261 e. The van der Waals surface area contributed by atoms with E-state index in [4.69, 9.17) is 23.2 Å². The Morgan fingerprint density at radius 1 is 0.719 bits per heavy atom. The van der Waals surface area contributed by atoms with Crippen LogP contribution in [0.1, 0.15) is 20.7 Å². The fourth-order valence-electron chi connectivity index (χ4n) is 2.73. The number of hydrogen-bond acceptors (Lipinski definition) is 4. The molecule has 10 heteroatoms. The second-order valence-corrected chi connectivity index (χ2v) is 9.22. The molecule has 166 valence electrons. The number of halogens is 2. The van der Waals surface area contributed by atoms with E-state index >= 15 is 0 Å². The second kappa shape index (κ2) is 10.5. The highest BCUT2D eigenvalue weighted by molar-refractivity contribution is 7.92. The molecule has 0 spiro atoms. The first kappa shape index (κ1) is 23.6. The number of carbonyl (C=O) groups excluding carboxylic acids is 2. The SMILES string of the molecule is O=C(NCCNC(=O)c1cccc(S(=O)(=O)Nc2cccc(Cl)c2)c1)c1ccc(Cl)cc1. The molecule has 3 aromatic carbocycles. The fourth-order valence-corrected chi connectivity index (χ4v) is 4.14. The average Bonchev–Trinajstić information content (AvgIpc) is 2.76. The quantitative estimate of drug-likeness (QED) is 0.414. The van der Waals surface area contributed by atoms with E-state index < -0.39 is 15.9 Å². The van der Waals surface area contributed by atoms with Crippen LogP contribution in [0.25, 0.3) is 0 Å². The minimum absolute atomic E-state index is 0.0684. The van der Waals surface area contributed by atoms with Gasteiger partial charge in [-0.1, -0.05) is 35.3 Å². The second-order valence-electron chi connectivity index (χ2n) is 6.66. The number of sulfonamides is 1. The minimum atomic E-state index is -3.91. The maximum atomic E-state index is 12.6. The summed E-state index contributed by atoms with van der Waals surface area (Å²) >= 11 is 11.7. The zero-order valence-corrected chi connectivity index (χ0v) is 19.0. The highest BCUT2D eigenvalue weighted by Gasteiger charge is 2.17. The van der Waals surface area contributed by atoms with Crippen LogP contribution < -0.4 is 15.4 Å². The van der Waals surface area contributed by atoms with Crippen molar-refractivity contribution in [2.24, 2.45) is 0 Å². The van der Waals surface area contributed by atoms with Crippen molar-refractivity contribution >= 4 is 50.7 Å². The molecule has 0 unspecified atom stereocenters. The molecule has 0 fully saturated rings. The van der Waals surface area contributed by atoms with Crippen LogP contribution in [0.5, 0.6) is 0 Å². The lowest BCUT2D eigenvalue weighted by molar-refractivity contribution is 0.0927. The monoisotopic (exact) mass is 491 g/mol. The average molecular weight is 492 g/mol. The summed E-state index contributed by atoms with van der Waals surface area (Å²) in [5.74, 6) is -0.762. The Balaban J connectivity index is 1.56. The molecule has 0 heterocycles. The van der Waals surface area contributed by atoms with Gasteiger partial charge in [0.2, 0.25) is 0 Å². The minimum Gasteiger partial charge on any atom is -0.350 e. The number of carbonyl (C=O) groups is 2. The summed E-state index contributed by atoms with van der Waals surface area (Å²) in [6.45, 7) is 0.359. The lowest BCUT2D eigenvalue weighted by Gasteiger charge is -2.10. The highest BCUT2D eigenvalue weighted by atomic mass is 35.5. The van der Waals surface area contributed by atoms with Gasteiger partial charge in [0, 0.05) is 34.3 Å². The number of amides is 2. The summed E-state index contributed by atoms with van der Waals surface area (Å²) in [5.41, 5.74) is 0.928. The molecule has 2 amide bonds. The van der Waals surface area contributed by atoms with Gasteiger partial charge >= 0.3 is 0 Å². The third kappa shape index (κ3) is 6.46. The molecule has 3 N–H and O–H groups in total. The van der Waals surface area contributed by atoms with Gasteiger partial charge in [-0.15, -0.1) is 0 Å². The van der Waals surface area contributed by atoms with Crippen LogP contribution >= 0.6 is 23.2 Å². The Labute approximate surface area is 195 Å². The first-order valence-corrected chi connectivity index (χ1v) is 11.7. The predicted molar refractivity (Wildman–Crippen MR) is 125 cm³/mol. The molecule has 0 bridgehead atoms. The van der Waals surface area contributed by atoms with E-state index in [1.807, 2.05) is 0 Å². The van der Waals surface area contributed by atoms with Gasteiger partial charge in [0.15, 0.2) is 0 Å². The van der Waals surface area contributed by atoms with E-state index in [0.29, 0.717) is 21.3 Å². The number of rotatable bonds is 8. The van der Waals surface area contributed by atoms with Crippen molar-refractivity contribution in [1.29, 1.82) is 0 Å². The van der Waals surface area contributed by atoms with Crippen LogP contribution in [0.4, 0.5) is 5.69 Å². The zero-order chi connectivity index (χ0) is 23.1. The Bertz CT molecular complexity index is 1230. The van der Waals surface area contributed by atoms with E-state index in [0.717, 1.165) is 0 Å². The topological polar surface area (TPSA) is 104 Å². The van der Waals surface area contributed by atoms with Gasteiger partial charge in [-0.05, 0) is 60.7 Å². The molecule has 0 atom stereocenters. The van der Waals surface area contributed by atoms with Gasteiger partial charge < -0.3 is 10.6 Å². The molecule has 0 saturated carbocycles. The van der Waals surface area contributed by atoms with Crippen LogP contribution in [0.15, 0.2) is 77.7 Å². The van der Waals surface area contributed by atoms with Crippen molar-refractivity contribution in [3.63, 3.8) is 0 Å². The number of hydrogen-bond donors (Lipinski definition) is 3. The van der Waals surface area contributed by atoms with Crippen LogP contribution in [0.2, 0.25) is 10.0 Å². The molecular weight excluding hydrogens is 473 g/mol. The zero-order valence-electron chi connectivity index (χ0n) is 16.6. The van der Waals surface area contributed by atoms with Gasteiger partial charge in [0.05, 0.1) is 10.6 Å². The molecule has 3 rings (SSSR count). The summed E-state index contributed by atoms with van der Waals surface area (Å²) in [6.07, 6.45) is 0. The normalized spacial score (nSPS) is 10.9. The number of anilines is 1. The first-order chi connectivity index (χ1) is 15.2. The fraction of sp³-hybridized carbons (Fsp3) is 0.0909. The number of nitrogens with one attached hydrogen (secondary N) is 3. The van der Waals surface area contributed by atoms with Crippen LogP contribution in [-0.2, 0) is 10.0 Å². The molecule has 0 aliphatic rings. The Kier molecular flexibility index (Phi) is 7.74. The molecule has 0 saturated heterocycles. The lowest BCUT2D eigenvalue weighted by atomic mass is 10.2. The van der Waals surface area contributed by atoms with E-state index in [-0.39, 0.29) is 29.5 Å². The summed E-state index contributed by atoms with van der Waals surface area (Å²) in [6, 6.07) is 18.3. The van der Waals surface area contributed by atoms with Crippen molar-refractivity contribution in [3.05, 3.63) is 94.0 Å². The molecule has 0 aliphatic carbocycles. The van der Waals surface area contributed by atoms with Crippen molar-refractivity contribution in [2.45, 2.75) is 4.90 Å². The largest absolute Gasteiger partial charge is 0.350 e. The van der Waals surface area contributed by atoms with E-state index in [1.165, 1.54) is 30.3 Å².